The van der Waals surface area contributed by atoms with Gasteiger partial charge in [0, 0.05) is 6.92 Å². The third-order valence-corrected chi connectivity index (χ3v) is 4.73. The van der Waals surface area contributed by atoms with E-state index in [0.29, 0.717) is 12.8 Å². The molecule has 4 atom stereocenters. The Labute approximate surface area is 195 Å². The number of amides is 2. The van der Waals surface area contributed by atoms with Gasteiger partial charge in [-0.05, 0) is 54.4 Å². The molecule has 192 valence electrons. The summed E-state index contributed by atoms with van der Waals surface area (Å²) in [7, 11) is 0. The monoisotopic (exact) mass is 476 g/mol. The summed E-state index contributed by atoms with van der Waals surface area (Å²) < 4.78 is 15.3. The van der Waals surface area contributed by atoms with Crippen molar-refractivity contribution < 1.29 is 43.9 Å². The predicted octanol–water partition coefficient (Wildman–Crippen LogP) is 1.27. The van der Waals surface area contributed by atoms with Crippen molar-refractivity contribution in [1.82, 2.24) is 9.80 Å². The van der Waals surface area contributed by atoms with Gasteiger partial charge in [-0.2, -0.15) is 0 Å². The molecule has 2 amide bonds. The van der Waals surface area contributed by atoms with Crippen molar-refractivity contribution >= 4 is 18.2 Å². The molecule has 0 aliphatic carbocycles. The summed E-state index contributed by atoms with van der Waals surface area (Å²) in [5.74, 6) is -0.402. The molecular weight excluding hydrogens is 436 g/mol. The summed E-state index contributed by atoms with van der Waals surface area (Å²) >= 11 is 0. The Balaban J connectivity index is 0.000000335. The van der Waals surface area contributed by atoms with Crippen LogP contribution in [0.25, 0.3) is 0 Å². The molecule has 2 heterocycles. The van der Waals surface area contributed by atoms with E-state index in [1.807, 2.05) is 0 Å². The van der Waals surface area contributed by atoms with Crippen molar-refractivity contribution in [3.8, 4) is 0 Å². The van der Waals surface area contributed by atoms with Gasteiger partial charge in [-0.1, -0.05) is 0 Å². The lowest BCUT2D eigenvalue weighted by Gasteiger charge is -2.28. The molecule has 2 aliphatic heterocycles. The lowest BCUT2D eigenvalue weighted by molar-refractivity contribution is -0.142. The first-order chi connectivity index (χ1) is 15.0. The molecule has 2 aliphatic rings. The van der Waals surface area contributed by atoms with Crippen LogP contribution >= 0.6 is 0 Å². The average Bonchev–Trinajstić information content (AvgIpc) is 3.20. The third-order valence-electron chi connectivity index (χ3n) is 4.73. The number of hydrogen-bond donors (Lipinski definition) is 3. The molecule has 3 N–H and O–H groups in total. The van der Waals surface area contributed by atoms with Crippen molar-refractivity contribution in [2.24, 2.45) is 0 Å². The first-order valence-electron chi connectivity index (χ1n) is 11.1. The average molecular weight is 477 g/mol. The second-order valence-electron chi connectivity index (χ2n) is 10.3. The smallest absolute Gasteiger partial charge is 0.410 e. The van der Waals surface area contributed by atoms with Crippen LogP contribution in [0.5, 0.6) is 0 Å². The number of carbonyl (C=O) groups excluding carboxylic acids is 3. The predicted molar refractivity (Wildman–Crippen MR) is 118 cm³/mol. The highest BCUT2D eigenvalue weighted by atomic mass is 16.6. The fraction of sp³-hybridized carbons (Fsp3) is 0.864. The van der Waals surface area contributed by atoms with Crippen molar-refractivity contribution in [2.75, 3.05) is 26.3 Å². The van der Waals surface area contributed by atoms with Gasteiger partial charge in [-0.15, -0.1) is 0 Å². The lowest BCUT2D eigenvalue weighted by atomic mass is 10.2. The molecule has 0 radical (unpaired) electrons. The van der Waals surface area contributed by atoms with Gasteiger partial charge in [-0.25, -0.2) is 9.59 Å². The number of rotatable bonds is 3. The van der Waals surface area contributed by atoms with Gasteiger partial charge in [0.25, 0.3) is 0 Å². The van der Waals surface area contributed by atoms with Crippen molar-refractivity contribution in [3.63, 3.8) is 0 Å². The molecule has 2 rings (SSSR count). The number of aliphatic hydroxyl groups excluding tert-OH is 3. The molecule has 0 aromatic rings. The fourth-order valence-corrected chi connectivity index (χ4v) is 3.42. The van der Waals surface area contributed by atoms with Crippen LogP contribution in [0.15, 0.2) is 0 Å². The van der Waals surface area contributed by atoms with E-state index in [0.717, 1.165) is 0 Å². The van der Waals surface area contributed by atoms with Gasteiger partial charge in [0.15, 0.2) is 0 Å². The van der Waals surface area contributed by atoms with Crippen LogP contribution in [0.2, 0.25) is 0 Å². The van der Waals surface area contributed by atoms with Crippen molar-refractivity contribution in [1.29, 1.82) is 0 Å². The highest BCUT2D eigenvalue weighted by molar-refractivity contribution is 5.70. The Bertz CT molecular complexity index is 672. The Morgan fingerprint density at radius 1 is 0.818 bits per heavy atom. The maximum atomic E-state index is 11.9. The van der Waals surface area contributed by atoms with Crippen LogP contribution in [0.3, 0.4) is 0 Å². The summed E-state index contributed by atoms with van der Waals surface area (Å²) in [6.07, 6.45) is -1.32. The van der Waals surface area contributed by atoms with Crippen LogP contribution in [-0.2, 0) is 19.0 Å². The van der Waals surface area contributed by atoms with E-state index >= 15 is 0 Å². The molecule has 0 spiro atoms. The van der Waals surface area contributed by atoms with Gasteiger partial charge in [0.05, 0.1) is 44.0 Å². The Morgan fingerprint density at radius 2 is 1.21 bits per heavy atom. The minimum Gasteiger partial charge on any atom is -0.464 e. The number of esters is 1. The molecule has 0 aromatic carbocycles. The number of aliphatic hydroxyl groups is 3. The molecule has 0 saturated carbocycles. The number of carbonyl (C=O) groups is 3. The summed E-state index contributed by atoms with van der Waals surface area (Å²) in [6, 6.07) is -0.645. The number of β-amino-alcohol motifs (C(OH)–C–C–N with tert-alkyl or cyclic N) is 2. The van der Waals surface area contributed by atoms with Crippen molar-refractivity contribution in [2.45, 2.75) is 96.8 Å². The summed E-state index contributed by atoms with van der Waals surface area (Å²) in [5, 5.41) is 28.0. The Kier molecular flexibility index (Phi) is 10.4. The van der Waals surface area contributed by atoms with Crippen molar-refractivity contribution in [3.05, 3.63) is 0 Å². The van der Waals surface area contributed by atoms with E-state index in [1.54, 1.807) is 41.5 Å². The number of ether oxygens (including phenoxy) is 3. The van der Waals surface area contributed by atoms with Gasteiger partial charge in [-0.3, -0.25) is 9.69 Å². The summed E-state index contributed by atoms with van der Waals surface area (Å²) in [4.78, 5) is 37.1. The standard InChI is InChI=1S/C12H21NO5.C10H19NO4/c1-8(14)17-7-9-5-10(15)6-13(9)11(16)18-12(2,3)4;1-10(2,3)15-9(14)11-5-8(13)4-7(11)6-12/h9-10,15H,5-7H2,1-4H3;7-8,12-13H,4-6H2,1-3H3/t9-,10+;7-,8+/m00/s1. The van der Waals surface area contributed by atoms with E-state index in [2.05, 4.69) is 0 Å². The van der Waals surface area contributed by atoms with Crippen LogP contribution in [-0.4, -0.2) is 105 Å². The van der Waals surface area contributed by atoms with E-state index in [1.165, 1.54) is 16.7 Å². The molecule has 2 saturated heterocycles. The summed E-state index contributed by atoms with van der Waals surface area (Å²) in [5.41, 5.74) is -1.14. The maximum absolute atomic E-state index is 11.9. The minimum atomic E-state index is -0.599. The van der Waals surface area contributed by atoms with Gasteiger partial charge in [0.2, 0.25) is 0 Å². The number of hydrogen-bond acceptors (Lipinski definition) is 9. The zero-order valence-electron chi connectivity index (χ0n) is 20.7. The van der Waals surface area contributed by atoms with Gasteiger partial charge >= 0.3 is 18.2 Å². The third kappa shape index (κ3) is 10.6. The first-order valence-corrected chi connectivity index (χ1v) is 11.1. The largest absolute Gasteiger partial charge is 0.464 e. The molecule has 0 bridgehead atoms. The van der Waals surface area contributed by atoms with Crippen LogP contribution in [0, 0.1) is 0 Å². The van der Waals surface area contributed by atoms with E-state index in [9.17, 15) is 24.6 Å². The highest BCUT2D eigenvalue weighted by Gasteiger charge is 2.38. The zero-order valence-corrected chi connectivity index (χ0v) is 20.7. The molecule has 33 heavy (non-hydrogen) atoms. The van der Waals surface area contributed by atoms with Crippen LogP contribution < -0.4 is 0 Å². The summed E-state index contributed by atoms with van der Waals surface area (Å²) in [6.45, 7) is 12.4. The SMILES string of the molecule is CC(=O)OC[C@@H]1C[C@@H](O)CN1C(=O)OC(C)(C)C.CC(C)(C)OC(=O)N1C[C@H](O)C[C@H]1CO. The fourth-order valence-electron chi connectivity index (χ4n) is 3.42. The van der Waals surface area contributed by atoms with Gasteiger partial charge < -0.3 is 34.4 Å². The highest BCUT2D eigenvalue weighted by Crippen LogP contribution is 2.22. The normalized spacial score (nSPS) is 25.3. The topological polar surface area (TPSA) is 146 Å². The molecule has 0 unspecified atom stereocenters. The van der Waals surface area contributed by atoms with Crippen LogP contribution in [0.1, 0.15) is 61.3 Å². The molecule has 2 fully saturated rings. The molecular formula is C22H40N2O9. The van der Waals surface area contributed by atoms with E-state index in [4.69, 9.17) is 19.3 Å². The Morgan fingerprint density at radius 3 is 1.58 bits per heavy atom. The zero-order chi connectivity index (χ0) is 25.6. The second kappa shape index (κ2) is 11.8. The van der Waals surface area contributed by atoms with E-state index < -0.39 is 41.6 Å². The molecule has 11 nitrogen and oxygen atoms in total. The molecule has 11 heteroatoms. The second-order valence-corrected chi connectivity index (χ2v) is 10.3. The number of nitrogens with zero attached hydrogens (tertiary/aromatic N) is 2. The maximum Gasteiger partial charge on any atom is 0.410 e. The number of likely N-dealkylation sites (tertiary alicyclic amines) is 2. The van der Waals surface area contributed by atoms with Crippen LogP contribution in [0.4, 0.5) is 9.59 Å². The van der Waals surface area contributed by atoms with E-state index in [-0.39, 0.29) is 38.4 Å². The van der Waals surface area contributed by atoms with Gasteiger partial charge in [0.1, 0.15) is 17.8 Å². The molecule has 0 aromatic heterocycles. The quantitative estimate of drug-likeness (QED) is 0.405. The minimum absolute atomic E-state index is 0.0889. The Hall–Kier alpha value is -2.11. The first kappa shape index (κ1) is 28.9. The lowest BCUT2D eigenvalue weighted by Crippen LogP contribution is -2.42.